The molecular weight excluding hydrogens is 234 g/mol. The smallest absolute Gasteiger partial charge is 0.124 e. The highest BCUT2D eigenvalue weighted by atomic mass is 79.9. The van der Waals surface area contributed by atoms with Crippen LogP contribution in [0.3, 0.4) is 0 Å². The molecule has 1 atom stereocenters. The highest BCUT2D eigenvalue weighted by molar-refractivity contribution is 9.09. The molecule has 1 aromatic carbocycles. The quantitative estimate of drug-likeness (QED) is 0.655. The Morgan fingerprint density at radius 2 is 2.00 bits per heavy atom. The normalized spacial score (nSPS) is 12.3. The van der Waals surface area contributed by atoms with Gasteiger partial charge in [0, 0.05) is 5.56 Å². The molecule has 4 heteroatoms. The van der Waals surface area contributed by atoms with Crippen molar-refractivity contribution in [1.29, 1.82) is 0 Å². The number of hydrogen-bond acceptors (Lipinski definition) is 3. The summed E-state index contributed by atoms with van der Waals surface area (Å²) < 4.78 is 10.2. The maximum Gasteiger partial charge on any atom is 0.124 e. The van der Waals surface area contributed by atoms with E-state index in [2.05, 4.69) is 15.9 Å². The summed E-state index contributed by atoms with van der Waals surface area (Å²) >= 11 is 3.28. The van der Waals surface area contributed by atoms with Gasteiger partial charge in [-0.2, -0.15) is 0 Å². The van der Waals surface area contributed by atoms with Gasteiger partial charge in [0.2, 0.25) is 0 Å². The van der Waals surface area contributed by atoms with Gasteiger partial charge < -0.3 is 15.2 Å². The molecule has 13 heavy (non-hydrogen) atoms. The third kappa shape index (κ3) is 2.35. The van der Waals surface area contributed by atoms with Crippen LogP contribution in [0, 0.1) is 0 Å². The molecule has 0 radical (unpaired) electrons. The van der Waals surface area contributed by atoms with Crippen molar-refractivity contribution >= 4 is 15.9 Å². The molecule has 2 N–H and O–H groups in total. The molecule has 0 aromatic heterocycles. The fraction of sp³-hybridized carbons (Fsp3) is 0.333. The van der Waals surface area contributed by atoms with Crippen LogP contribution in [0.5, 0.6) is 11.5 Å². The summed E-state index contributed by atoms with van der Waals surface area (Å²) in [6.45, 7) is 0. The first kappa shape index (κ1) is 10.3. The molecule has 0 fully saturated rings. The first-order valence-corrected chi connectivity index (χ1v) is 4.72. The zero-order valence-electron chi connectivity index (χ0n) is 7.58. The van der Waals surface area contributed by atoms with E-state index in [9.17, 15) is 0 Å². The van der Waals surface area contributed by atoms with Crippen LogP contribution in [-0.2, 0) is 0 Å². The van der Waals surface area contributed by atoms with Crippen LogP contribution in [0.2, 0.25) is 0 Å². The number of ether oxygens (including phenoxy) is 2. The molecule has 0 heterocycles. The summed E-state index contributed by atoms with van der Waals surface area (Å²) in [6, 6.07) is 5.51. The van der Waals surface area contributed by atoms with E-state index in [-0.39, 0.29) is 4.95 Å². The average Bonchev–Trinajstić information content (AvgIpc) is 2.16. The number of methoxy groups -OCH3 is 2. The van der Waals surface area contributed by atoms with Crippen LogP contribution in [0.15, 0.2) is 18.2 Å². The van der Waals surface area contributed by atoms with Crippen LogP contribution in [-0.4, -0.2) is 14.2 Å². The number of alkyl halides is 1. The Balaban J connectivity index is 3.10. The Bertz CT molecular complexity index is 289. The lowest BCUT2D eigenvalue weighted by Gasteiger charge is -2.11. The minimum atomic E-state index is -0.238. The highest BCUT2D eigenvalue weighted by Crippen LogP contribution is 2.30. The van der Waals surface area contributed by atoms with Crippen molar-refractivity contribution in [2.24, 2.45) is 5.73 Å². The zero-order chi connectivity index (χ0) is 9.84. The third-order valence-corrected chi connectivity index (χ3v) is 2.23. The van der Waals surface area contributed by atoms with E-state index in [0.717, 1.165) is 17.1 Å². The predicted molar refractivity (Wildman–Crippen MR) is 55.4 cm³/mol. The average molecular weight is 246 g/mol. The second-order valence-electron chi connectivity index (χ2n) is 2.51. The van der Waals surface area contributed by atoms with Crippen molar-refractivity contribution in [3.05, 3.63) is 23.8 Å². The van der Waals surface area contributed by atoms with Crippen molar-refractivity contribution in [1.82, 2.24) is 0 Å². The monoisotopic (exact) mass is 245 g/mol. The van der Waals surface area contributed by atoms with Gasteiger partial charge in [-0.1, -0.05) is 15.9 Å². The Morgan fingerprint density at radius 1 is 1.31 bits per heavy atom. The van der Waals surface area contributed by atoms with Gasteiger partial charge in [-0.05, 0) is 18.2 Å². The number of benzene rings is 1. The molecule has 1 rings (SSSR count). The summed E-state index contributed by atoms with van der Waals surface area (Å²) in [7, 11) is 3.23. The summed E-state index contributed by atoms with van der Waals surface area (Å²) in [6.07, 6.45) is 0. The zero-order valence-corrected chi connectivity index (χ0v) is 9.17. The molecular formula is C9H12BrNO2. The summed E-state index contributed by atoms with van der Waals surface area (Å²) in [5, 5.41) is 0. The van der Waals surface area contributed by atoms with Crippen molar-refractivity contribution in [3.8, 4) is 11.5 Å². The van der Waals surface area contributed by atoms with Crippen molar-refractivity contribution in [2.75, 3.05) is 14.2 Å². The van der Waals surface area contributed by atoms with Gasteiger partial charge in [-0.15, -0.1) is 0 Å². The Morgan fingerprint density at radius 3 is 2.46 bits per heavy atom. The maximum absolute atomic E-state index is 5.69. The summed E-state index contributed by atoms with van der Waals surface area (Å²) in [5.41, 5.74) is 6.57. The molecule has 0 amide bonds. The summed E-state index contributed by atoms with van der Waals surface area (Å²) in [5.74, 6) is 1.52. The molecule has 0 spiro atoms. The van der Waals surface area contributed by atoms with Gasteiger partial charge >= 0.3 is 0 Å². The molecule has 72 valence electrons. The Labute approximate surface area is 86.0 Å². The van der Waals surface area contributed by atoms with Gasteiger partial charge in [0.05, 0.1) is 19.2 Å². The molecule has 0 aliphatic carbocycles. The first-order chi connectivity index (χ1) is 6.19. The van der Waals surface area contributed by atoms with E-state index in [1.54, 1.807) is 14.2 Å². The SMILES string of the molecule is COc1ccc(OC)c(C(N)Br)c1. The standard InChI is InChI=1S/C9H12BrNO2/c1-12-6-3-4-8(13-2)7(5-6)9(10)11/h3-5,9H,11H2,1-2H3. The highest BCUT2D eigenvalue weighted by Gasteiger charge is 2.09. The van der Waals surface area contributed by atoms with E-state index >= 15 is 0 Å². The topological polar surface area (TPSA) is 44.5 Å². The number of halogens is 1. The molecule has 3 nitrogen and oxygen atoms in total. The van der Waals surface area contributed by atoms with Gasteiger partial charge in [-0.3, -0.25) is 0 Å². The van der Waals surface area contributed by atoms with Crippen LogP contribution in [0.1, 0.15) is 10.5 Å². The second kappa shape index (κ2) is 4.48. The number of rotatable bonds is 3. The molecule has 1 unspecified atom stereocenters. The van der Waals surface area contributed by atoms with E-state index in [4.69, 9.17) is 15.2 Å². The van der Waals surface area contributed by atoms with E-state index < -0.39 is 0 Å². The minimum absolute atomic E-state index is 0.238. The van der Waals surface area contributed by atoms with Crippen LogP contribution >= 0.6 is 15.9 Å². The lowest BCUT2D eigenvalue weighted by atomic mass is 10.2. The lowest BCUT2D eigenvalue weighted by molar-refractivity contribution is 0.399. The predicted octanol–water partition coefficient (Wildman–Crippen LogP) is 2.06. The molecule has 0 bridgehead atoms. The van der Waals surface area contributed by atoms with Crippen LogP contribution in [0.4, 0.5) is 0 Å². The van der Waals surface area contributed by atoms with Gasteiger partial charge in [0.25, 0.3) is 0 Å². The molecule has 0 aliphatic heterocycles. The van der Waals surface area contributed by atoms with Gasteiger partial charge in [0.1, 0.15) is 11.5 Å². The lowest BCUT2D eigenvalue weighted by Crippen LogP contribution is -2.04. The van der Waals surface area contributed by atoms with Gasteiger partial charge in [0.15, 0.2) is 0 Å². The second-order valence-corrected chi connectivity index (χ2v) is 3.50. The Hall–Kier alpha value is -0.740. The van der Waals surface area contributed by atoms with Gasteiger partial charge in [-0.25, -0.2) is 0 Å². The minimum Gasteiger partial charge on any atom is -0.497 e. The molecule has 0 aliphatic rings. The molecule has 0 saturated heterocycles. The molecule has 0 saturated carbocycles. The molecule has 1 aromatic rings. The number of nitrogens with two attached hydrogens (primary N) is 1. The first-order valence-electron chi connectivity index (χ1n) is 3.80. The Kier molecular flexibility index (Phi) is 3.57. The van der Waals surface area contributed by atoms with E-state index in [1.807, 2.05) is 18.2 Å². The van der Waals surface area contributed by atoms with Crippen molar-refractivity contribution in [2.45, 2.75) is 4.95 Å². The fourth-order valence-electron chi connectivity index (χ4n) is 1.05. The fourth-order valence-corrected chi connectivity index (χ4v) is 1.41. The van der Waals surface area contributed by atoms with E-state index in [0.29, 0.717) is 0 Å². The summed E-state index contributed by atoms with van der Waals surface area (Å²) in [4.78, 5) is -0.238. The largest absolute Gasteiger partial charge is 0.497 e. The third-order valence-electron chi connectivity index (χ3n) is 1.73. The van der Waals surface area contributed by atoms with Crippen LogP contribution in [0.25, 0.3) is 0 Å². The van der Waals surface area contributed by atoms with Crippen molar-refractivity contribution < 1.29 is 9.47 Å². The maximum atomic E-state index is 5.69. The van der Waals surface area contributed by atoms with Crippen LogP contribution < -0.4 is 15.2 Å². The van der Waals surface area contributed by atoms with E-state index in [1.165, 1.54) is 0 Å². The van der Waals surface area contributed by atoms with Crippen molar-refractivity contribution in [3.63, 3.8) is 0 Å². The number of hydrogen-bond donors (Lipinski definition) is 1.